The molecular formula is C18H28BrNO. The van der Waals surface area contributed by atoms with Crippen molar-refractivity contribution in [1.29, 1.82) is 0 Å². The van der Waals surface area contributed by atoms with E-state index in [4.69, 9.17) is 0 Å². The quantitative estimate of drug-likeness (QED) is 0.754. The summed E-state index contributed by atoms with van der Waals surface area (Å²) in [5.41, 5.74) is 0.0330. The van der Waals surface area contributed by atoms with Crippen LogP contribution >= 0.6 is 15.9 Å². The highest BCUT2D eigenvalue weighted by atomic mass is 79.9. The van der Waals surface area contributed by atoms with E-state index >= 15 is 0 Å². The number of hydrogen-bond donors (Lipinski definition) is 1. The van der Waals surface area contributed by atoms with E-state index in [0.29, 0.717) is 16.7 Å². The van der Waals surface area contributed by atoms with Gasteiger partial charge in [0.2, 0.25) is 5.91 Å². The first-order valence-electron chi connectivity index (χ1n) is 9.07. The van der Waals surface area contributed by atoms with Crippen LogP contribution in [0.4, 0.5) is 0 Å². The van der Waals surface area contributed by atoms with Crippen LogP contribution in [-0.4, -0.2) is 17.3 Å². The Morgan fingerprint density at radius 1 is 1.00 bits per heavy atom. The van der Waals surface area contributed by atoms with Gasteiger partial charge in [-0.25, -0.2) is 0 Å². The predicted octanol–water partition coefficient (Wildman–Crippen LogP) is 4.27. The van der Waals surface area contributed by atoms with Crippen LogP contribution in [-0.2, 0) is 4.79 Å². The maximum Gasteiger partial charge on any atom is 0.226 e. The molecule has 0 aliphatic heterocycles. The number of nitrogens with one attached hydrogen (secondary N) is 1. The second kappa shape index (κ2) is 5.54. The monoisotopic (exact) mass is 353 g/mol. The van der Waals surface area contributed by atoms with E-state index in [2.05, 4.69) is 21.2 Å². The van der Waals surface area contributed by atoms with E-state index in [9.17, 15) is 4.79 Å². The minimum absolute atomic E-state index is 0.0330. The van der Waals surface area contributed by atoms with Gasteiger partial charge in [-0.2, -0.15) is 0 Å². The summed E-state index contributed by atoms with van der Waals surface area (Å²) in [5, 5.41) is 3.37. The molecule has 2 unspecified atom stereocenters. The summed E-state index contributed by atoms with van der Waals surface area (Å²) < 4.78 is 0. The Labute approximate surface area is 136 Å². The molecule has 5 aliphatic rings. The number of alkyl halides is 1. The second-order valence-corrected chi connectivity index (χ2v) is 9.64. The Morgan fingerprint density at radius 2 is 1.57 bits per heavy atom. The Kier molecular flexibility index (Phi) is 3.84. The number of carbonyl (C=O) groups excluding carboxylic acids is 1. The van der Waals surface area contributed by atoms with Crippen molar-refractivity contribution in [2.24, 2.45) is 29.1 Å². The SMILES string of the molecule is O=C(NCC1CCCCC1Br)C12CC3CC(CC(C3)C1)C2. The molecule has 2 atom stereocenters. The molecule has 118 valence electrons. The smallest absolute Gasteiger partial charge is 0.226 e. The van der Waals surface area contributed by atoms with Crippen LogP contribution in [0.3, 0.4) is 0 Å². The predicted molar refractivity (Wildman–Crippen MR) is 88.3 cm³/mol. The number of amides is 1. The molecule has 5 saturated carbocycles. The minimum atomic E-state index is 0.0330. The van der Waals surface area contributed by atoms with Crippen molar-refractivity contribution in [2.45, 2.75) is 69.0 Å². The van der Waals surface area contributed by atoms with Gasteiger partial charge < -0.3 is 5.32 Å². The van der Waals surface area contributed by atoms with Crippen LogP contribution in [0.25, 0.3) is 0 Å². The van der Waals surface area contributed by atoms with Crippen molar-refractivity contribution < 1.29 is 4.79 Å². The van der Waals surface area contributed by atoms with Crippen molar-refractivity contribution >= 4 is 21.8 Å². The average molecular weight is 354 g/mol. The fraction of sp³-hybridized carbons (Fsp3) is 0.944. The third kappa shape index (κ3) is 2.68. The highest BCUT2D eigenvalue weighted by molar-refractivity contribution is 9.09. The van der Waals surface area contributed by atoms with E-state index in [1.807, 2.05) is 0 Å². The lowest BCUT2D eigenvalue weighted by atomic mass is 9.49. The van der Waals surface area contributed by atoms with Crippen LogP contribution in [0.5, 0.6) is 0 Å². The van der Waals surface area contributed by atoms with E-state index < -0.39 is 0 Å². The third-order valence-electron chi connectivity index (χ3n) is 6.86. The van der Waals surface area contributed by atoms with E-state index in [1.54, 1.807) is 0 Å². The molecule has 0 saturated heterocycles. The standard InChI is InChI=1S/C18H28BrNO/c19-16-4-2-1-3-15(16)11-20-17(21)18-8-12-5-13(9-18)7-14(6-12)10-18/h12-16H,1-11H2,(H,20,21). The first-order chi connectivity index (χ1) is 10.1. The molecule has 0 aromatic rings. The maximum atomic E-state index is 12.9. The van der Waals surface area contributed by atoms with Crippen molar-refractivity contribution in [3.05, 3.63) is 0 Å². The Balaban J connectivity index is 1.38. The summed E-state index contributed by atoms with van der Waals surface area (Å²) in [4.78, 5) is 13.5. The van der Waals surface area contributed by atoms with Crippen LogP contribution in [0.1, 0.15) is 64.2 Å². The number of hydrogen-bond acceptors (Lipinski definition) is 1. The zero-order valence-corrected chi connectivity index (χ0v) is 14.5. The molecule has 21 heavy (non-hydrogen) atoms. The van der Waals surface area contributed by atoms with Crippen LogP contribution in [0.15, 0.2) is 0 Å². The highest BCUT2D eigenvalue weighted by Gasteiger charge is 2.54. The van der Waals surface area contributed by atoms with E-state index in [1.165, 1.54) is 64.2 Å². The topological polar surface area (TPSA) is 29.1 Å². The maximum absolute atomic E-state index is 12.9. The first-order valence-corrected chi connectivity index (χ1v) is 9.98. The van der Waals surface area contributed by atoms with Gasteiger partial charge in [0.05, 0.1) is 0 Å². The van der Waals surface area contributed by atoms with Gasteiger partial charge in [0, 0.05) is 16.8 Å². The van der Waals surface area contributed by atoms with Gasteiger partial charge in [0.25, 0.3) is 0 Å². The first kappa shape index (κ1) is 14.5. The lowest BCUT2D eigenvalue weighted by Crippen LogP contribution is -2.54. The van der Waals surface area contributed by atoms with Crippen molar-refractivity contribution in [3.8, 4) is 0 Å². The van der Waals surface area contributed by atoms with Gasteiger partial charge >= 0.3 is 0 Å². The summed E-state index contributed by atoms with van der Waals surface area (Å²) in [6.07, 6.45) is 13.0. The third-order valence-corrected chi connectivity index (χ3v) is 8.07. The Morgan fingerprint density at radius 3 is 2.14 bits per heavy atom. The molecule has 1 N–H and O–H groups in total. The van der Waals surface area contributed by atoms with E-state index in [0.717, 1.165) is 24.3 Å². The highest BCUT2D eigenvalue weighted by Crippen LogP contribution is 2.60. The number of carbonyl (C=O) groups is 1. The van der Waals surface area contributed by atoms with Gasteiger partial charge in [-0.1, -0.05) is 28.8 Å². The van der Waals surface area contributed by atoms with Gasteiger partial charge in [-0.15, -0.1) is 0 Å². The Hall–Kier alpha value is -0.0500. The van der Waals surface area contributed by atoms with Gasteiger partial charge in [0.15, 0.2) is 0 Å². The largest absolute Gasteiger partial charge is 0.355 e. The minimum Gasteiger partial charge on any atom is -0.355 e. The molecule has 4 bridgehead atoms. The Bertz CT molecular complexity index is 386. The van der Waals surface area contributed by atoms with Crippen molar-refractivity contribution in [2.75, 3.05) is 6.54 Å². The number of halogens is 1. The van der Waals surface area contributed by atoms with Gasteiger partial charge in [-0.3, -0.25) is 4.79 Å². The van der Waals surface area contributed by atoms with Gasteiger partial charge in [-0.05, 0) is 75.0 Å². The van der Waals surface area contributed by atoms with Crippen molar-refractivity contribution in [3.63, 3.8) is 0 Å². The molecule has 5 fully saturated rings. The molecule has 0 aromatic heterocycles. The molecule has 2 nitrogen and oxygen atoms in total. The lowest BCUT2D eigenvalue weighted by Gasteiger charge is -2.55. The molecule has 3 heteroatoms. The normalized spacial score (nSPS) is 48.3. The summed E-state index contributed by atoms with van der Waals surface area (Å²) in [7, 11) is 0. The summed E-state index contributed by atoms with van der Waals surface area (Å²) in [6, 6.07) is 0. The van der Waals surface area contributed by atoms with Crippen molar-refractivity contribution in [1.82, 2.24) is 5.32 Å². The molecule has 5 rings (SSSR count). The molecule has 0 spiro atoms. The zero-order chi connectivity index (χ0) is 14.4. The van der Waals surface area contributed by atoms with Crippen LogP contribution in [0.2, 0.25) is 0 Å². The van der Waals surface area contributed by atoms with E-state index in [-0.39, 0.29) is 5.41 Å². The average Bonchev–Trinajstić information content (AvgIpc) is 2.44. The molecular weight excluding hydrogens is 326 g/mol. The molecule has 1 amide bonds. The summed E-state index contributed by atoms with van der Waals surface area (Å²) >= 11 is 3.82. The zero-order valence-electron chi connectivity index (χ0n) is 13.0. The van der Waals surface area contributed by atoms with Crippen LogP contribution < -0.4 is 5.32 Å². The number of rotatable bonds is 3. The van der Waals surface area contributed by atoms with Gasteiger partial charge in [0.1, 0.15) is 0 Å². The fourth-order valence-electron chi connectivity index (χ4n) is 6.19. The summed E-state index contributed by atoms with van der Waals surface area (Å²) in [6.45, 7) is 0.899. The second-order valence-electron chi connectivity index (χ2n) is 8.47. The molecule has 0 aromatic carbocycles. The fourth-order valence-corrected chi connectivity index (χ4v) is 6.97. The lowest BCUT2D eigenvalue weighted by molar-refractivity contribution is -0.146. The molecule has 0 heterocycles. The molecule has 0 radical (unpaired) electrons. The molecule has 5 aliphatic carbocycles. The van der Waals surface area contributed by atoms with Crippen LogP contribution in [0, 0.1) is 29.1 Å². The summed E-state index contributed by atoms with van der Waals surface area (Å²) in [5.74, 6) is 3.64.